The van der Waals surface area contributed by atoms with Crippen molar-refractivity contribution in [2.24, 2.45) is 5.92 Å². The maximum Gasteiger partial charge on any atom is 0.232 e. The van der Waals surface area contributed by atoms with Gasteiger partial charge in [-0.1, -0.05) is 0 Å². The molecule has 1 aliphatic rings. The van der Waals surface area contributed by atoms with Gasteiger partial charge in [0.1, 0.15) is 0 Å². The van der Waals surface area contributed by atoms with E-state index in [1.54, 1.807) is 12.4 Å². The van der Waals surface area contributed by atoms with E-state index in [1.807, 2.05) is 0 Å². The SMILES string of the molecule is O=C(CC1CCOCC1)n1[c]ncc1. The Morgan fingerprint density at radius 1 is 1.57 bits per heavy atom. The van der Waals surface area contributed by atoms with Crippen molar-refractivity contribution in [1.82, 2.24) is 9.55 Å². The molecule has 2 heterocycles. The third-order valence-electron chi connectivity index (χ3n) is 2.53. The van der Waals surface area contributed by atoms with E-state index >= 15 is 0 Å². The van der Waals surface area contributed by atoms with Gasteiger partial charge in [0.05, 0.1) is 0 Å². The maximum absolute atomic E-state index is 11.6. The number of rotatable bonds is 2. The van der Waals surface area contributed by atoms with E-state index in [4.69, 9.17) is 4.74 Å². The highest BCUT2D eigenvalue weighted by atomic mass is 16.5. The normalized spacial score (nSPS) is 18.3. The second-order valence-electron chi connectivity index (χ2n) is 3.55. The molecule has 0 unspecified atom stereocenters. The molecule has 1 aliphatic heterocycles. The fourth-order valence-electron chi connectivity index (χ4n) is 1.66. The van der Waals surface area contributed by atoms with Gasteiger partial charge in [0.25, 0.3) is 0 Å². The molecule has 1 aromatic rings. The molecular weight excluding hydrogens is 180 g/mol. The average Bonchev–Trinajstić information content (AvgIpc) is 2.72. The zero-order valence-electron chi connectivity index (χ0n) is 7.98. The molecule has 0 N–H and O–H groups in total. The van der Waals surface area contributed by atoms with Crippen molar-refractivity contribution >= 4 is 5.91 Å². The fourth-order valence-corrected chi connectivity index (χ4v) is 1.66. The lowest BCUT2D eigenvalue weighted by atomic mass is 9.96. The minimum absolute atomic E-state index is 0.0781. The number of hydrogen-bond donors (Lipinski definition) is 0. The lowest BCUT2D eigenvalue weighted by Crippen LogP contribution is -2.21. The molecule has 0 bridgehead atoms. The van der Waals surface area contributed by atoms with Crippen LogP contribution in [0.5, 0.6) is 0 Å². The lowest BCUT2D eigenvalue weighted by molar-refractivity contribution is 0.0573. The van der Waals surface area contributed by atoms with Crippen molar-refractivity contribution in [3.05, 3.63) is 18.7 Å². The van der Waals surface area contributed by atoms with Crippen LogP contribution in [0.15, 0.2) is 12.4 Å². The Bertz CT molecular complexity index is 289. The average molecular weight is 193 g/mol. The molecular formula is C10H13N2O2. The van der Waals surface area contributed by atoms with Gasteiger partial charge in [0.2, 0.25) is 5.91 Å². The summed E-state index contributed by atoms with van der Waals surface area (Å²) in [6.07, 6.45) is 8.38. The zero-order valence-corrected chi connectivity index (χ0v) is 7.98. The van der Waals surface area contributed by atoms with Crippen LogP contribution in [-0.2, 0) is 4.74 Å². The first kappa shape index (κ1) is 9.40. The minimum atomic E-state index is 0.0781. The topological polar surface area (TPSA) is 44.1 Å². The third kappa shape index (κ3) is 2.20. The molecule has 0 atom stereocenters. The second kappa shape index (κ2) is 4.37. The lowest BCUT2D eigenvalue weighted by Gasteiger charge is -2.20. The predicted octanol–water partition coefficient (Wildman–Crippen LogP) is 1.14. The molecule has 0 spiro atoms. The van der Waals surface area contributed by atoms with Crippen LogP contribution in [0.1, 0.15) is 24.1 Å². The Balaban J connectivity index is 1.87. The monoisotopic (exact) mass is 193 g/mol. The molecule has 0 amide bonds. The number of hydrogen-bond acceptors (Lipinski definition) is 3. The summed E-state index contributed by atoms with van der Waals surface area (Å²) >= 11 is 0. The van der Waals surface area contributed by atoms with Crippen molar-refractivity contribution in [1.29, 1.82) is 0 Å². The van der Waals surface area contributed by atoms with Crippen LogP contribution in [0.25, 0.3) is 0 Å². The minimum Gasteiger partial charge on any atom is -0.381 e. The highest BCUT2D eigenvalue weighted by Crippen LogP contribution is 2.18. The van der Waals surface area contributed by atoms with Gasteiger partial charge in [-0.15, -0.1) is 0 Å². The van der Waals surface area contributed by atoms with Gasteiger partial charge in [0.15, 0.2) is 6.33 Å². The summed E-state index contributed by atoms with van der Waals surface area (Å²) in [4.78, 5) is 15.4. The number of ether oxygens (including phenoxy) is 1. The molecule has 0 aliphatic carbocycles. The first-order valence-corrected chi connectivity index (χ1v) is 4.88. The molecule has 2 rings (SSSR count). The molecule has 4 nitrogen and oxygen atoms in total. The molecule has 1 aromatic heterocycles. The quantitative estimate of drug-likeness (QED) is 0.707. The Kier molecular flexibility index (Phi) is 2.93. The number of aromatic nitrogens is 2. The highest BCUT2D eigenvalue weighted by molar-refractivity contribution is 5.78. The third-order valence-corrected chi connectivity index (χ3v) is 2.53. The van der Waals surface area contributed by atoms with Gasteiger partial charge in [-0.2, -0.15) is 0 Å². The number of carbonyl (C=O) groups excluding carboxylic acids is 1. The molecule has 0 saturated carbocycles. The van der Waals surface area contributed by atoms with Crippen LogP contribution < -0.4 is 0 Å². The van der Waals surface area contributed by atoms with Gasteiger partial charge in [0, 0.05) is 32.0 Å². The molecule has 4 heteroatoms. The van der Waals surface area contributed by atoms with Crippen molar-refractivity contribution in [2.45, 2.75) is 19.3 Å². The number of carbonyl (C=O) groups is 1. The Hall–Kier alpha value is -1.16. The van der Waals surface area contributed by atoms with E-state index < -0.39 is 0 Å². The number of imidazole rings is 1. The summed E-state index contributed by atoms with van der Waals surface area (Å²) in [5, 5.41) is 0. The summed E-state index contributed by atoms with van der Waals surface area (Å²) in [5.74, 6) is 0.543. The smallest absolute Gasteiger partial charge is 0.232 e. The van der Waals surface area contributed by atoms with Gasteiger partial charge in [-0.05, 0) is 18.8 Å². The Labute approximate surface area is 82.9 Å². The van der Waals surface area contributed by atoms with E-state index in [2.05, 4.69) is 11.3 Å². The van der Waals surface area contributed by atoms with Gasteiger partial charge in [-0.25, -0.2) is 4.98 Å². The zero-order chi connectivity index (χ0) is 9.80. The van der Waals surface area contributed by atoms with E-state index in [0.29, 0.717) is 12.3 Å². The summed E-state index contributed by atoms with van der Waals surface area (Å²) in [5.41, 5.74) is 0. The summed E-state index contributed by atoms with van der Waals surface area (Å²) in [6.45, 7) is 1.57. The fraction of sp³-hybridized carbons (Fsp3) is 0.600. The molecule has 14 heavy (non-hydrogen) atoms. The second-order valence-corrected chi connectivity index (χ2v) is 3.55. The summed E-state index contributed by atoms with van der Waals surface area (Å²) < 4.78 is 6.66. The van der Waals surface area contributed by atoms with Crippen molar-refractivity contribution in [3.8, 4) is 0 Å². The highest BCUT2D eigenvalue weighted by Gasteiger charge is 2.18. The van der Waals surface area contributed by atoms with Crippen molar-refractivity contribution < 1.29 is 9.53 Å². The largest absolute Gasteiger partial charge is 0.381 e. The predicted molar refractivity (Wildman–Crippen MR) is 49.8 cm³/mol. The standard InChI is InChI=1S/C10H13N2O2/c13-10(12-4-3-11-8-12)7-9-1-5-14-6-2-9/h3-4,9H,1-2,5-7H2. The Morgan fingerprint density at radius 3 is 3.00 bits per heavy atom. The van der Waals surface area contributed by atoms with Gasteiger partial charge >= 0.3 is 0 Å². The summed E-state index contributed by atoms with van der Waals surface area (Å²) in [6, 6.07) is 0. The molecule has 1 radical (unpaired) electrons. The van der Waals surface area contributed by atoms with Crippen molar-refractivity contribution in [2.75, 3.05) is 13.2 Å². The van der Waals surface area contributed by atoms with Crippen molar-refractivity contribution in [3.63, 3.8) is 0 Å². The van der Waals surface area contributed by atoms with E-state index in [1.165, 1.54) is 4.57 Å². The van der Waals surface area contributed by atoms with Crippen LogP contribution >= 0.6 is 0 Å². The molecule has 1 fully saturated rings. The van der Waals surface area contributed by atoms with Gasteiger partial charge in [-0.3, -0.25) is 9.36 Å². The van der Waals surface area contributed by atoms with E-state index in [-0.39, 0.29) is 5.91 Å². The summed E-state index contributed by atoms with van der Waals surface area (Å²) in [7, 11) is 0. The maximum atomic E-state index is 11.6. The Morgan fingerprint density at radius 2 is 2.36 bits per heavy atom. The molecule has 75 valence electrons. The van der Waals surface area contributed by atoms with Crippen LogP contribution in [-0.4, -0.2) is 28.7 Å². The van der Waals surface area contributed by atoms with E-state index in [0.717, 1.165) is 26.1 Å². The van der Waals surface area contributed by atoms with Crippen LogP contribution in [0.4, 0.5) is 0 Å². The van der Waals surface area contributed by atoms with Crippen LogP contribution in [0.2, 0.25) is 0 Å². The molecule has 0 aromatic carbocycles. The first-order chi connectivity index (χ1) is 6.86. The van der Waals surface area contributed by atoms with Gasteiger partial charge < -0.3 is 4.74 Å². The van der Waals surface area contributed by atoms with Crippen LogP contribution in [0.3, 0.4) is 0 Å². The first-order valence-electron chi connectivity index (χ1n) is 4.88. The van der Waals surface area contributed by atoms with Crippen LogP contribution in [0, 0.1) is 12.2 Å². The van der Waals surface area contributed by atoms with E-state index in [9.17, 15) is 4.79 Å². The molecule has 1 saturated heterocycles. The number of nitrogens with zero attached hydrogens (tertiary/aromatic N) is 2.